The fourth-order valence-electron chi connectivity index (χ4n) is 7.05. The maximum Gasteiger partial charge on any atom is 0.238 e. The Morgan fingerprint density at radius 1 is 0.438 bits per heavy atom. The van der Waals surface area contributed by atoms with E-state index in [1.54, 1.807) is 0 Å². The zero-order valence-electron chi connectivity index (χ0n) is 25.7. The summed E-state index contributed by atoms with van der Waals surface area (Å²) >= 11 is 0. The molecule has 0 radical (unpaired) electrons. The van der Waals surface area contributed by atoms with E-state index in [1.165, 1.54) is 10.8 Å². The number of para-hydroxylation sites is 2. The van der Waals surface area contributed by atoms with Gasteiger partial charge in [0.1, 0.15) is 11.2 Å². The van der Waals surface area contributed by atoms with Crippen LogP contribution in [0.5, 0.6) is 0 Å². The van der Waals surface area contributed by atoms with Crippen molar-refractivity contribution in [2.24, 2.45) is 0 Å². The zero-order valence-corrected chi connectivity index (χ0v) is 25.7. The molecule has 224 valence electrons. The van der Waals surface area contributed by atoms with E-state index in [1.807, 2.05) is 72.8 Å². The molecule has 0 bridgehead atoms. The lowest BCUT2D eigenvalue weighted by molar-refractivity contribution is 0.670. The van der Waals surface area contributed by atoms with Crippen LogP contribution in [0.25, 0.3) is 94.4 Å². The highest BCUT2D eigenvalue weighted by Gasteiger charge is 2.21. The van der Waals surface area contributed by atoms with E-state index in [0.717, 1.165) is 66.0 Å². The summed E-state index contributed by atoms with van der Waals surface area (Å²) in [7, 11) is 0. The number of hydrogen-bond acceptors (Lipinski definition) is 4. The van der Waals surface area contributed by atoms with Crippen LogP contribution in [0.15, 0.2) is 162 Å². The first-order valence-corrected chi connectivity index (χ1v) is 16.0. The van der Waals surface area contributed by atoms with Gasteiger partial charge < -0.3 is 4.42 Å². The van der Waals surface area contributed by atoms with Gasteiger partial charge in [-0.05, 0) is 40.6 Å². The fourth-order valence-corrected chi connectivity index (χ4v) is 7.05. The molecular formula is C43H26N4O. The van der Waals surface area contributed by atoms with Crippen molar-refractivity contribution in [3.63, 3.8) is 0 Å². The Morgan fingerprint density at radius 2 is 1.08 bits per heavy atom. The molecule has 0 saturated heterocycles. The number of benzene rings is 7. The predicted molar refractivity (Wildman–Crippen MR) is 195 cm³/mol. The van der Waals surface area contributed by atoms with Crippen LogP contribution in [0.3, 0.4) is 0 Å². The van der Waals surface area contributed by atoms with Crippen LogP contribution >= 0.6 is 0 Å². The molecule has 0 unspecified atom stereocenters. The Bertz CT molecular complexity index is 2780. The van der Waals surface area contributed by atoms with Gasteiger partial charge in [0.15, 0.2) is 11.6 Å². The summed E-state index contributed by atoms with van der Waals surface area (Å²) in [6, 6.07) is 54.4. The molecule has 3 heterocycles. The lowest BCUT2D eigenvalue weighted by Crippen LogP contribution is -2.06. The highest BCUT2D eigenvalue weighted by Crippen LogP contribution is 2.41. The highest BCUT2D eigenvalue weighted by atomic mass is 16.3. The van der Waals surface area contributed by atoms with Crippen LogP contribution in [-0.2, 0) is 0 Å². The number of rotatable bonds is 4. The van der Waals surface area contributed by atoms with Crippen molar-refractivity contribution in [2.75, 3.05) is 0 Å². The normalized spacial score (nSPS) is 11.8. The van der Waals surface area contributed by atoms with Crippen LogP contribution in [0.2, 0.25) is 0 Å². The topological polar surface area (TPSA) is 56.7 Å². The molecule has 10 rings (SSSR count). The van der Waals surface area contributed by atoms with Crippen molar-refractivity contribution >= 4 is 54.5 Å². The van der Waals surface area contributed by atoms with Crippen LogP contribution in [0, 0.1) is 0 Å². The molecule has 10 aromatic rings. The molecule has 0 N–H and O–H groups in total. The van der Waals surface area contributed by atoms with Crippen LogP contribution in [-0.4, -0.2) is 19.5 Å². The van der Waals surface area contributed by atoms with Crippen molar-refractivity contribution in [1.29, 1.82) is 0 Å². The molecule has 0 atom stereocenters. The van der Waals surface area contributed by atoms with Gasteiger partial charge in [-0.3, -0.25) is 4.57 Å². The Kier molecular flexibility index (Phi) is 5.81. The van der Waals surface area contributed by atoms with Gasteiger partial charge in [-0.15, -0.1) is 0 Å². The third-order valence-electron chi connectivity index (χ3n) is 9.26. The minimum atomic E-state index is 0.574. The summed E-state index contributed by atoms with van der Waals surface area (Å²) < 4.78 is 8.64. The molecule has 7 aromatic carbocycles. The summed E-state index contributed by atoms with van der Waals surface area (Å²) in [4.78, 5) is 15.2. The molecule has 0 aliphatic carbocycles. The molecule has 3 aromatic heterocycles. The van der Waals surface area contributed by atoms with Gasteiger partial charge in [0.05, 0.1) is 11.0 Å². The number of furan rings is 1. The molecular weight excluding hydrogens is 589 g/mol. The maximum atomic E-state index is 6.46. The van der Waals surface area contributed by atoms with E-state index in [2.05, 4.69) is 89.5 Å². The van der Waals surface area contributed by atoms with Gasteiger partial charge in [-0.1, -0.05) is 133 Å². The third kappa shape index (κ3) is 4.08. The number of aromatic nitrogens is 4. The summed E-state index contributed by atoms with van der Waals surface area (Å²) in [6.45, 7) is 0. The van der Waals surface area contributed by atoms with E-state index >= 15 is 0 Å². The van der Waals surface area contributed by atoms with Crippen molar-refractivity contribution < 1.29 is 4.42 Å². The Hall–Kier alpha value is -6.59. The van der Waals surface area contributed by atoms with Crippen molar-refractivity contribution in [2.45, 2.75) is 0 Å². The smallest absolute Gasteiger partial charge is 0.238 e. The average Bonchev–Trinajstić information content (AvgIpc) is 3.71. The van der Waals surface area contributed by atoms with Crippen LogP contribution < -0.4 is 0 Å². The highest BCUT2D eigenvalue weighted by molar-refractivity contribution is 6.22. The SMILES string of the molecule is c1ccc(-c2nc(-c3ccccc3)nc(-n3c4ccc(-c5cccc6c5oc5ccccc56)cc4c4c5ccccc5ccc43)n2)cc1. The van der Waals surface area contributed by atoms with Crippen LogP contribution in [0.4, 0.5) is 0 Å². The third-order valence-corrected chi connectivity index (χ3v) is 9.26. The molecule has 0 aliphatic rings. The maximum absolute atomic E-state index is 6.46. The standard InChI is InChI=1S/C43H26N4O/c1-3-13-28(14-4-1)41-44-42(29-15-5-2-6-16-29)46-43(45-41)47-36-24-23-30(26-35(36)39-31-17-8-7-12-27(31)22-25-37(39)47)32-19-11-20-34-33-18-9-10-21-38(33)48-40(32)34/h1-26H. The average molecular weight is 615 g/mol. The molecule has 0 spiro atoms. The summed E-state index contributed by atoms with van der Waals surface area (Å²) in [5, 5.41) is 6.87. The van der Waals surface area contributed by atoms with Gasteiger partial charge in [0, 0.05) is 38.2 Å². The molecule has 0 aliphatic heterocycles. The first kappa shape index (κ1) is 26.6. The fraction of sp³-hybridized carbons (Fsp3) is 0. The number of hydrogen-bond donors (Lipinski definition) is 0. The molecule has 5 nitrogen and oxygen atoms in total. The molecule has 5 heteroatoms. The van der Waals surface area contributed by atoms with E-state index < -0.39 is 0 Å². The summed E-state index contributed by atoms with van der Waals surface area (Å²) in [6.07, 6.45) is 0. The molecule has 48 heavy (non-hydrogen) atoms. The second-order valence-corrected chi connectivity index (χ2v) is 12.0. The Labute approximate surface area is 275 Å². The van der Waals surface area contributed by atoms with Gasteiger partial charge >= 0.3 is 0 Å². The Balaban J connectivity index is 1.28. The molecule has 0 fully saturated rings. The largest absolute Gasteiger partial charge is 0.455 e. The van der Waals surface area contributed by atoms with Gasteiger partial charge in [-0.25, -0.2) is 4.98 Å². The van der Waals surface area contributed by atoms with Gasteiger partial charge in [-0.2, -0.15) is 9.97 Å². The zero-order chi connectivity index (χ0) is 31.6. The second-order valence-electron chi connectivity index (χ2n) is 12.0. The van der Waals surface area contributed by atoms with E-state index in [0.29, 0.717) is 17.6 Å². The lowest BCUT2D eigenvalue weighted by Gasteiger charge is -2.11. The van der Waals surface area contributed by atoms with Gasteiger partial charge in [0.25, 0.3) is 0 Å². The van der Waals surface area contributed by atoms with Crippen molar-refractivity contribution in [3.8, 4) is 39.9 Å². The summed E-state index contributed by atoms with van der Waals surface area (Å²) in [5.41, 5.74) is 7.86. The number of fused-ring (bicyclic) bond motifs is 8. The quantitative estimate of drug-likeness (QED) is 0.198. The molecule has 0 amide bonds. The Morgan fingerprint density at radius 3 is 1.85 bits per heavy atom. The summed E-state index contributed by atoms with van der Waals surface area (Å²) in [5.74, 6) is 1.83. The number of nitrogens with zero attached hydrogens (tertiary/aromatic N) is 4. The predicted octanol–water partition coefficient (Wildman–Crippen LogP) is 11.0. The first-order chi connectivity index (χ1) is 23.8. The van der Waals surface area contributed by atoms with Crippen molar-refractivity contribution in [1.82, 2.24) is 19.5 Å². The minimum absolute atomic E-state index is 0.574. The molecule has 0 saturated carbocycles. The van der Waals surface area contributed by atoms with Gasteiger partial charge in [0.2, 0.25) is 5.95 Å². The first-order valence-electron chi connectivity index (χ1n) is 16.0. The van der Waals surface area contributed by atoms with E-state index in [-0.39, 0.29) is 0 Å². The van der Waals surface area contributed by atoms with E-state index in [9.17, 15) is 0 Å². The monoisotopic (exact) mass is 614 g/mol. The van der Waals surface area contributed by atoms with Crippen LogP contribution in [0.1, 0.15) is 0 Å². The lowest BCUT2D eigenvalue weighted by atomic mass is 9.99. The van der Waals surface area contributed by atoms with E-state index in [4.69, 9.17) is 19.4 Å². The second kappa shape index (κ2) is 10.5. The minimum Gasteiger partial charge on any atom is -0.455 e. The van der Waals surface area contributed by atoms with Crippen molar-refractivity contribution in [3.05, 3.63) is 158 Å².